The second kappa shape index (κ2) is 5.89. The van der Waals surface area contributed by atoms with Gasteiger partial charge in [0.15, 0.2) is 0 Å². The van der Waals surface area contributed by atoms with Crippen LogP contribution in [-0.4, -0.2) is 12.1 Å². The van der Waals surface area contributed by atoms with Gasteiger partial charge in [-0.1, -0.05) is 27.7 Å². The molecule has 0 aliphatic heterocycles. The van der Waals surface area contributed by atoms with Gasteiger partial charge in [0.05, 0.1) is 0 Å². The van der Waals surface area contributed by atoms with E-state index in [1.165, 1.54) is 25.7 Å². The summed E-state index contributed by atoms with van der Waals surface area (Å²) < 4.78 is 0. The van der Waals surface area contributed by atoms with Crippen LogP contribution >= 0.6 is 0 Å². The van der Waals surface area contributed by atoms with Gasteiger partial charge >= 0.3 is 0 Å². The summed E-state index contributed by atoms with van der Waals surface area (Å²) in [6.07, 6.45) is 5.56. The Bertz CT molecular complexity index is 170. The van der Waals surface area contributed by atoms with Gasteiger partial charge in [-0.25, -0.2) is 0 Å². The maximum atomic E-state index is 3.78. The van der Waals surface area contributed by atoms with Crippen LogP contribution in [0.3, 0.4) is 0 Å². The van der Waals surface area contributed by atoms with Gasteiger partial charge in [0.2, 0.25) is 0 Å². The Hall–Kier alpha value is -0.0400. The molecular formula is C14H29N. The van der Waals surface area contributed by atoms with Gasteiger partial charge in [0, 0.05) is 12.1 Å². The topological polar surface area (TPSA) is 12.0 Å². The molecule has 0 radical (unpaired) electrons. The first-order chi connectivity index (χ1) is 7.02. The van der Waals surface area contributed by atoms with Crippen molar-refractivity contribution in [1.29, 1.82) is 0 Å². The lowest BCUT2D eigenvalue weighted by Crippen LogP contribution is -2.41. The fraction of sp³-hybridized carbons (Fsp3) is 1.00. The van der Waals surface area contributed by atoms with Crippen LogP contribution in [0.2, 0.25) is 0 Å². The summed E-state index contributed by atoms with van der Waals surface area (Å²) >= 11 is 0. The molecule has 2 atom stereocenters. The van der Waals surface area contributed by atoms with Gasteiger partial charge in [-0.15, -0.1) is 0 Å². The van der Waals surface area contributed by atoms with Gasteiger partial charge in [-0.05, 0) is 50.4 Å². The molecule has 0 spiro atoms. The largest absolute Gasteiger partial charge is 0.311 e. The van der Waals surface area contributed by atoms with Crippen LogP contribution in [0, 0.1) is 17.8 Å². The number of hydrogen-bond donors (Lipinski definition) is 1. The highest BCUT2D eigenvalue weighted by Gasteiger charge is 2.27. The molecule has 0 aromatic rings. The lowest BCUT2D eigenvalue weighted by Gasteiger charge is -2.36. The second-order valence-corrected chi connectivity index (χ2v) is 6.00. The lowest BCUT2D eigenvalue weighted by molar-refractivity contribution is 0.176. The Morgan fingerprint density at radius 1 is 1.20 bits per heavy atom. The average Bonchev–Trinajstić information content (AvgIpc) is 2.11. The molecular weight excluding hydrogens is 182 g/mol. The van der Waals surface area contributed by atoms with Crippen LogP contribution in [0.4, 0.5) is 0 Å². The second-order valence-electron chi connectivity index (χ2n) is 6.00. The Kier molecular flexibility index (Phi) is 5.11. The van der Waals surface area contributed by atoms with Crippen molar-refractivity contribution in [3.8, 4) is 0 Å². The molecule has 0 amide bonds. The van der Waals surface area contributed by atoms with Crippen molar-refractivity contribution in [2.75, 3.05) is 0 Å². The molecule has 1 aliphatic carbocycles. The maximum Gasteiger partial charge on any atom is 0.00899 e. The van der Waals surface area contributed by atoms with Gasteiger partial charge in [0.1, 0.15) is 0 Å². The van der Waals surface area contributed by atoms with Crippen LogP contribution in [0.15, 0.2) is 0 Å². The van der Waals surface area contributed by atoms with E-state index in [-0.39, 0.29) is 0 Å². The first kappa shape index (κ1) is 13.0. The summed E-state index contributed by atoms with van der Waals surface area (Å²) in [5.74, 6) is 2.76. The molecule has 1 aliphatic rings. The molecule has 1 nitrogen and oxygen atoms in total. The summed E-state index contributed by atoms with van der Waals surface area (Å²) in [6, 6.07) is 1.41. The van der Waals surface area contributed by atoms with Crippen LogP contribution in [-0.2, 0) is 0 Å². The minimum absolute atomic E-state index is 0.704. The van der Waals surface area contributed by atoms with Crippen molar-refractivity contribution >= 4 is 0 Å². The standard InChI is InChI=1S/C14H29N/c1-6-14(10(2)3)15-12(5)9-13-7-11(4)8-13/h10-15H,6-9H2,1-5H3/t11?,12?,13?,14-/m0/s1. The van der Waals surface area contributed by atoms with E-state index in [1.807, 2.05) is 0 Å². The summed E-state index contributed by atoms with van der Waals surface area (Å²) in [6.45, 7) is 11.7. The first-order valence-corrected chi connectivity index (χ1v) is 6.78. The summed E-state index contributed by atoms with van der Waals surface area (Å²) in [5.41, 5.74) is 0. The van der Waals surface area contributed by atoms with Crippen molar-refractivity contribution in [3.63, 3.8) is 0 Å². The maximum absolute atomic E-state index is 3.78. The number of nitrogens with one attached hydrogen (secondary N) is 1. The van der Waals surface area contributed by atoms with Gasteiger partial charge < -0.3 is 5.32 Å². The predicted octanol–water partition coefficient (Wildman–Crippen LogP) is 3.84. The van der Waals surface area contributed by atoms with Crippen molar-refractivity contribution in [3.05, 3.63) is 0 Å². The third-order valence-corrected chi connectivity index (χ3v) is 3.90. The highest BCUT2D eigenvalue weighted by molar-refractivity contribution is 4.81. The highest BCUT2D eigenvalue weighted by Crippen LogP contribution is 2.36. The van der Waals surface area contributed by atoms with Crippen molar-refractivity contribution < 1.29 is 0 Å². The van der Waals surface area contributed by atoms with E-state index >= 15 is 0 Å². The van der Waals surface area contributed by atoms with Crippen LogP contribution in [0.5, 0.6) is 0 Å². The quantitative estimate of drug-likeness (QED) is 0.704. The van der Waals surface area contributed by atoms with E-state index in [0.29, 0.717) is 12.1 Å². The molecule has 1 heteroatoms. The van der Waals surface area contributed by atoms with E-state index in [9.17, 15) is 0 Å². The molecule has 0 bridgehead atoms. The number of rotatable bonds is 6. The zero-order chi connectivity index (χ0) is 11.4. The molecule has 1 N–H and O–H groups in total. The third kappa shape index (κ3) is 4.14. The van der Waals surface area contributed by atoms with Crippen molar-refractivity contribution in [1.82, 2.24) is 5.32 Å². The van der Waals surface area contributed by atoms with Gasteiger partial charge in [-0.3, -0.25) is 0 Å². The van der Waals surface area contributed by atoms with Crippen LogP contribution in [0.25, 0.3) is 0 Å². The lowest BCUT2D eigenvalue weighted by atomic mass is 9.73. The van der Waals surface area contributed by atoms with E-state index in [1.54, 1.807) is 0 Å². The molecule has 0 aromatic heterocycles. The zero-order valence-corrected chi connectivity index (χ0v) is 11.2. The van der Waals surface area contributed by atoms with Gasteiger partial charge in [-0.2, -0.15) is 0 Å². The molecule has 1 unspecified atom stereocenters. The Morgan fingerprint density at radius 3 is 2.20 bits per heavy atom. The zero-order valence-electron chi connectivity index (χ0n) is 11.2. The summed E-state index contributed by atoms with van der Waals surface area (Å²) in [7, 11) is 0. The fourth-order valence-electron chi connectivity index (χ4n) is 2.98. The van der Waals surface area contributed by atoms with E-state index < -0.39 is 0 Å². The smallest absolute Gasteiger partial charge is 0.00899 e. The fourth-order valence-corrected chi connectivity index (χ4v) is 2.98. The Balaban J connectivity index is 2.19. The normalized spacial score (nSPS) is 30.0. The van der Waals surface area contributed by atoms with Crippen molar-refractivity contribution in [2.24, 2.45) is 17.8 Å². The summed E-state index contributed by atoms with van der Waals surface area (Å²) in [4.78, 5) is 0. The minimum Gasteiger partial charge on any atom is -0.311 e. The first-order valence-electron chi connectivity index (χ1n) is 6.78. The molecule has 1 saturated carbocycles. The monoisotopic (exact) mass is 211 g/mol. The molecule has 0 heterocycles. The highest BCUT2D eigenvalue weighted by atomic mass is 14.9. The van der Waals surface area contributed by atoms with Crippen LogP contribution in [0.1, 0.15) is 60.3 Å². The van der Waals surface area contributed by atoms with E-state index in [4.69, 9.17) is 0 Å². The van der Waals surface area contributed by atoms with E-state index in [2.05, 4.69) is 39.9 Å². The number of hydrogen-bond acceptors (Lipinski definition) is 1. The molecule has 15 heavy (non-hydrogen) atoms. The van der Waals surface area contributed by atoms with Crippen molar-refractivity contribution in [2.45, 2.75) is 72.4 Å². The van der Waals surface area contributed by atoms with Gasteiger partial charge in [0.25, 0.3) is 0 Å². The Morgan fingerprint density at radius 2 is 1.80 bits per heavy atom. The van der Waals surface area contributed by atoms with Crippen LogP contribution < -0.4 is 5.32 Å². The SMILES string of the molecule is CC[C@H](NC(C)CC1CC(C)C1)C(C)C. The van der Waals surface area contributed by atoms with E-state index in [0.717, 1.165) is 17.8 Å². The molecule has 0 saturated heterocycles. The molecule has 90 valence electrons. The Labute approximate surface area is 96.0 Å². The molecule has 1 fully saturated rings. The molecule has 1 rings (SSSR count). The minimum atomic E-state index is 0.704. The third-order valence-electron chi connectivity index (χ3n) is 3.90. The predicted molar refractivity (Wildman–Crippen MR) is 68.0 cm³/mol. The summed E-state index contributed by atoms with van der Waals surface area (Å²) in [5, 5.41) is 3.78. The average molecular weight is 211 g/mol. The molecule has 0 aromatic carbocycles.